The van der Waals surface area contributed by atoms with Crippen LogP contribution in [-0.2, 0) is 9.53 Å². The van der Waals surface area contributed by atoms with Crippen LogP contribution in [0.25, 0.3) is 0 Å². The molecule has 2 N–H and O–H groups in total. The number of rotatable bonds is 10. The number of unbranched alkanes of at least 4 members (excludes halogenated alkanes) is 6. The van der Waals surface area contributed by atoms with E-state index in [1.54, 1.807) is 0 Å². The molecule has 0 aromatic carbocycles. The van der Waals surface area contributed by atoms with Crippen LogP contribution in [0.4, 0.5) is 0 Å². The Morgan fingerprint density at radius 1 is 1.06 bits per heavy atom. The van der Waals surface area contributed by atoms with Crippen molar-refractivity contribution >= 4 is 5.97 Å². The van der Waals surface area contributed by atoms with Gasteiger partial charge in [0.25, 0.3) is 0 Å². The highest BCUT2D eigenvalue weighted by atomic mass is 16.6. The number of esters is 1. The van der Waals surface area contributed by atoms with Crippen LogP contribution in [0.3, 0.4) is 0 Å². The van der Waals surface area contributed by atoms with Crippen LogP contribution in [0.5, 0.6) is 0 Å². The van der Waals surface area contributed by atoms with Gasteiger partial charge in [-0.15, -0.1) is 0 Å². The summed E-state index contributed by atoms with van der Waals surface area (Å²) in [4.78, 5) is 10.9. The van der Waals surface area contributed by atoms with E-state index in [0.29, 0.717) is 6.42 Å². The number of hydrogen-bond acceptors (Lipinski definition) is 4. The second kappa shape index (κ2) is 10.5. The number of hydrogen-bond donors (Lipinski definition) is 2. The fraction of sp³-hybridized carbons (Fsp3) is 0.923. The zero-order chi connectivity index (χ0) is 13.1. The van der Waals surface area contributed by atoms with Gasteiger partial charge >= 0.3 is 5.97 Å². The van der Waals surface area contributed by atoms with Gasteiger partial charge in [0.1, 0.15) is 6.10 Å². The lowest BCUT2D eigenvalue weighted by atomic mass is 10.1. The Balaban J connectivity index is 3.33. The molecule has 0 amide bonds. The van der Waals surface area contributed by atoms with Crippen LogP contribution >= 0.6 is 0 Å². The molecule has 0 spiro atoms. The smallest absolute Gasteiger partial charge is 0.336 e. The quantitative estimate of drug-likeness (QED) is 0.353. The molecule has 0 rings (SSSR count). The van der Waals surface area contributed by atoms with E-state index in [2.05, 4.69) is 11.7 Å². The molecule has 0 aliphatic rings. The van der Waals surface area contributed by atoms with Gasteiger partial charge in [0.2, 0.25) is 6.29 Å². The first-order valence-electron chi connectivity index (χ1n) is 6.64. The molecule has 102 valence electrons. The van der Waals surface area contributed by atoms with E-state index in [4.69, 9.17) is 5.11 Å². The molecule has 0 saturated carbocycles. The van der Waals surface area contributed by atoms with E-state index in [1.807, 2.05) is 0 Å². The van der Waals surface area contributed by atoms with Gasteiger partial charge in [-0.3, -0.25) is 0 Å². The molecule has 0 bridgehead atoms. The van der Waals surface area contributed by atoms with Crippen LogP contribution < -0.4 is 0 Å². The highest BCUT2D eigenvalue weighted by Gasteiger charge is 2.15. The standard InChI is InChI=1S/C13H26O4/c1-3-4-5-6-7-8-9-10-12(15)17-13(16)11(2)14/h11-12,14-15H,3-10H2,1-2H3. The van der Waals surface area contributed by atoms with E-state index in [0.717, 1.165) is 19.3 Å². The summed E-state index contributed by atoms with van der Waals surface area (Å²) in [5.41, 5.74) is 0. The monoisotopic (exact) mass is 246 g/mol. The van der Waals surface area contributed by atoms with Gasteiger partial charge in [-0.1, -0.05) is 45.4 Å². The molecule has 0 aromatic rings. The van der Waals surface area contributed by atoms with E-state index >= 15 is 0 Å². The van der Waals surface area contributed by atoms with Crippen molar-refractivity contribution in [3.8, 4) is 0 Å². The zero-order valence-electron chi connectivity index (χ0n) is 11.0. The molecule has 0 aliphatic heterocycles. The average molecular weight is 246 g/mol. The zero-order valence-corrected chi connectivity index (χ0v) is 11.0. The predicted molar refractivity (Wildman–Crippen MR) is 66.4 cm³/mol. The highest BCUT2D eigenvalue weighted by Crippen LogP contribution is 2.10. The third-order valence-electron chi connectivity index (χ3n) is 2.65. The molecule has 4 nitrogen and oxygen atoms in total. The van der Waals surface area contributed by atoms with Crippen molar-refractivity contribution in [2.45, 2.75) is 77.6 Å². The largest absolute Gasteiger partial charge is 0.434 e. The molecule has 0 heterocycles. The van der Waals surface area contributed by atoms with E-state index < -0.39 is 18.4 Å². The minimum atomic E-state index is -1.17. The summed E-state index contributed by atoms with van der Waals surface area (Å²) in [7, 11) is 0. The van der Waals surface area contributed by atoms with Crippen molar-refractivity contribution in [3.05, 3.63) is 0 Å². The van der Waals surface area contributed by atoms with Gasteiger partial charge in [-0.25, -0.2) is 4.79 Å². The van der Waals surface area contributed by atoms with Crippen molar-refractivity contribution in [2.24, 2.45) is 0 Å². The first-order valence-corrected chi connectivity index (χ1v) is 6.64. The Morgan fingerprint density at radius 2 is 1.59 bits per heavy atom. The van der Waals surface area contributed by atoms with Gasteiger partial charge in [-0.05, 0) is 13.3 Å². The maximum atomic E-state index is 10.9. The van der Waals surface area contributed by atoms with Crippen LogP contribution in [0.15, 0.2) is 0 Å². The molecule has 0 fully saturated rings. The third kappa shape index (κ3) is 10.3. The van der Waals surface area contributed by atoms with Crippen molar-refractivity contribution in [2.75, 3.05) is 0 Å². The molecule has 2 unspecified atom stereocenters. The summed E-state index contributed by atoms with van der Waals surface area (Å²) < 4.78 is 4.62. The minimum Gasteiger partial charge on any atom is -0.434 e. The topological polar surface area (TPSA) is 66.8 Å². The molecule has 0 radical (unpaired) electrons. The van der Waals surface area contributed by atoms with Crippen molar-refractivity contribution in [1.29, 1.82) is 0 Å². The Hall–Kier alpha value is -0.610. The second-order valence-corrected chi connectivity index (χ2v) is 4.48. The van der Waals surface area contributed by atoms with Crippen molar-refractivity contribution in [1.82, 2.24) is 0 Å². The van der Waals surface area contributed by atoms with Crippen LogP contribution in [0.1, 0.15) is 65.2 Å². The van der Waals surface area contributed by atoms with Crippen LogP contribution in [0, 0.1) is 0 Å². The molecule has 0 aromatic heterocycles. The van der Waals surface area contributed by atoms with E-state index in [9.17, 15) is 9.90 Å². The minimum absolute atomic E-state index is 0.451. The SMILES string of the molecule is CCCCCCCCCC(O)OC(=O)C(C)O. The lowest BCUT2D eigenvalue weighted by molar-refractivity contribution is -0.177. The summed E-state index contributed by atoms with van der Waals surface area (Å²) >= 11 is 0. The summed E-state index contributed by atoms with van der Waals surface area (Å²) in [6.07, 6.45) is 6.30. The summed E-state index contributed by atoms with van der Waals surface area (Å²) in [6.45, 7) is 3.51. The molecular weight excluding hydrogens is 220 g/mol. The van der Waals surface area contributed by atoms with Gasteiger partial charge < -0.3 is 14.9 Å². The summed E-state index contributed by atoms with van der Waals surface area (Å²) in [5.74, 6) is -0.763. The molecule has 17 heavy (non-hydrogen) atoms. The van der Waals surface area contributed by atoms with E-state index in [-0.39, 0.29) is 0 Å². The first-order chi connectivity index (χ1) is 8.07. The summed E-state index contributed by atoms with van der Waals surface area (Å²) in [6, 6.07) is 0. The number of ether oxygens (including phenoxy) is 1. The van der Waals surface area contributed by atoms with Crippen LogP contribution in [-0.4, -0.2) is 28.6 Å². The highest BCUT2D eigenvalue weighted by molar-refractivity contribution is 5.73. The fourth-order valence-electron chi connectivity index (χ4n) is 1.57. The molecule has 0 saturated heterocycles. The maximum absolute atomic E-state index is 10.9. The van der Waals surface area contributed by atoms with Gasteiger partial charge in [-0.2, -0.15) is 0 Å². The number of aliphatic hydroxyl groups excluding tert-OH is 2. The third-order valence-corrected chi connectivity index (χ3v) is 2.65. The Kier molecular flexibility index (Phi) is 10.2. The Bertz CT molecular complexity index is 192. The maximum Gasteiger partial charge on any atom is 0.336 e. The molecule has 0 aliphatic carbocycles. The average Bonchev–Trinajstić information content (AvgIpc) is 2.27. The van der Waals surface area contributed by atoms with Gasteiger partial charge in [0, 0.05) is 6.42 Å². The fourth-order valence-corrected chi connectivity index (χ4v) is 1.57. The van der Waals surface area contributed by atoms with E-state index in [1.165, 1.54) is 32.6 Å². The number of carbonyl (C=O) groups excluding carboxylic acids is 1. The Labute approximate surface area is 104 Å². The molecule has 2 atom stereocenters. The van der Waals surface area contributed by atoms with Crippen LogP contribution in [0.2, 0.25) is 0 Å². The molecular formula is C13H26O4. The number of aliphatic hydroxyl groups is 2. The summed E-state index contributed by atoms with van der Waals surface area (Å²) in [5, 5.41) is 18.2. The Morgan fingerprint density at radius 3 is 2.12 bits per heavy atom. The predicted octanol–water partition coefficient (Wildman–Crippen LogP) is 2.37. The second-order valence-electron chi connectivity index (χ2n) is 4.48. The number of carbonyl (C=O) groups is 1. The van der Waals surface area contributed by atoms with Gasteiger partial charge in [0.15, 0.2) is 0 Å². The first kappa shape index (κ1) is 16.4. The lowest BCUT2D eigenvalue weighted by Gasteiger charge is -2.12. The lowest BCUT2D eigenvalue weighted by Crippen LogP contribution is -2.25. The molecule has 4 heteroatoms. The normalized spacial score (nSPS) is 14.4. The van der Waals surface area contributed by atoms with Crippen molar-refractivity contribution in [3.63, 3.8) is 0 Å². The van der Waals surface area contributed by atoms with Crippen molar-refractivity contribution < 1.29 is 19.7 Å². The van der Waals surface area contributed by atoms with Gasteiger partial charge in [0.05, 0.1) is 0 Å².